The molecule has 21 heavy (non-hydrogen) atoms. The summed E-state index contributed by atoms with van der Waals surface area (Å²) in [6.07, 6.45) is 5.63. The SMILES string of the molecule is CC(C)(C)C1CCCN(Cc2cccnc2C(N)=S)CC1. The summed E-state index contributed by atoms with van der Waals surface area (Å²) in [5.74, 6) is 0.812. The first-order valence-corrected chi connectivity index (χ1v) is 8.25. The highest BCUT2D eigenvalue weighted by atomic mass is 32.1. The lowest BCUT2D eigenvalue weighted by Gasteiger charge is -2.29. The topological polar surface area (TPSA) is 42.2 Å². The minimum atomic E-state index is 0.396. The minimum Gasteiger partial charge on any atom is -0.388 e. The van der Waals surface area contributed by atoms with Crippen LogP contribution in [0, 0.1) is 11.3 Å². The number of likely N-dealkylation sites (tertiary alicyclic amines) is 1. The van der Waals surface area contributed by atoms with Crippen LogP contribution in [0.2, 0.25) is 0 Å². The lowest BCUT2D eigenvalue weighted by Crippen LogP contribution is -2.27. The predicted octanol–water partition coefficient (Wildman–Crippen LogP) is 3.36. The molecule has 0 aliphatic carbocycles. The Morgan fingerprint density at radius 2 is 2.14 bits per heavy atom. The van der Waals surface area contributed by atoms with Gasteiger partial charge in [0.2, 0.25) is 0 Å². The average Bonchev–Trinajstić information content (AvgIpc) is 2.64. The normalized spacial score (nSPS) is 21.0. The van der Waals surface area contributed by atoms with E-state index in [2.05, 4.69) is 36.7 Å². The first-order chi connectivity index (χ1) is 9.88. The van der Waals surface area contributed by atoms with E-state index in [-0.39, 0.29) is 0 Å². The lowest BCUT2D eigenvalue weighted by molar-refractivity contribution is 0.206. The standard InChI is InChI=1S/C17H27N3S/c1-17(2,3)14-7-5-10-20(11-8-14)12-13-6-4-9-19-15(13)16(18)21/h4,6,9,14H,5,7-8,10-12H2,1-3H3,(H2,18,21). The molecule has 3 nitrogen and oxygen atoms in total. The van der Waals surface area contributed by atoms with Crippen LogP contribution in [0.5, 0.6) is 0 Å². The third kappa shape index (κ3) is 4.48. The molecule has 1 atom stereocenters. The second kappa shape index (κ2) is 6.84. The van der Waals surface area contributed by atoms with Crippen molar-refractivity contribution in [2.24, 2.45) is 17.1 Å². The van der Waals surface area contributed by atoms with Crippen LogP contribution in [0.4, 0.5) is 0 Å². The second-order valence-electron chi connectivity index (χ2n) is 7.15. The minimum absolute atomic E-state index is 0.396. The number of hydrogen-bond donors (Lipinski definition) is 1. The van der Waals surface area contributed by atoms with Crippen molar-refractivity contribution in [3.63, 3.8) is 0 Å². The zero-order chi connectivity index (χ0) is 15.5. The van der Waals surface area contributed by atoms with Crippen LogP contribution < -0.4 is 5.73 Å². The van der Waals surface area contributed by atoms with Crippen LogP contribution in [0.3, 0.4) is 0 Å². The number of nitrogens with two attached hydrogens (primary N) is 1. The second-order valence-corrected chi connectivity index (χ2v) is 7.59. The van der Waals surface area contributed by atoms with Gasteiger partial charge in [-0.25, -0.2) is 0 Å². The Bertz CT molecular complexity index is 493. The van der Waals surface area contributed by atoms with E-state index >= 15 is 0 Å². The molecule has 2 N–H and O–H groups in total. The van der Waals surface area contributed by atoms with Crippen LogP contribution in [0.15, 0.2) is 18.3 Å². The number of hydrogen-bond acceptors (Lipinski definition) is 3. The molecule has 1 fully saturated rings. The number of rotatable bonds is 3. The molecule has 2 rings (SSSR count). The van der Waals surface area contributed by atoms with Crippen molar-refractivity contribution in [2.75, 3.05) is 13.1 Å². The van der Waals surface area contributed by atoms with Gasteiger partial charge >= 0.3 is 0 Å². The summed E-state index contributed by atoms with van der Waals surface area (Å²) in [6.45, 7) is 10.3. The third-order valence-corrected chi connectivity index (χ3v) is 4.76. The van der Waals surface area contributed by atoms with Gasteiger partial charge in [-0.05, 0) is 55.3 Å². The summed E-state index contributed by atoms with van der Waals surface area (Å²) in [5, 5.41) is 0. The van der Waals surface area contributed by atoms with Gasteiger partial charge in [0.25, 0.3) is 0 Å². The Morgan fingerprint density at radius 1 is 1.38 bits per heavy atom. The molecule has 4 heteroatoms. The first-order valence-electron chi connectivity index (χ1n) is 7.84. The van der Waals surface area contributed by atoms with Crippen molar-refractivity contribution >= 4 is 17.2 Å². The number of aromatic nitrogens is 1. The van der Waals surface area contributed by atoms with Crippen molar-refractivity contribution in [1.82, 2.24) is 9.88 Å². The van der Waals surface area contributed by atoms with Crippen LogP contribution in [-0.4, -0.2) is 28.0 Å². The fourth-order valence-electron chi connectivity index (χ4n) is 3.21. The lowest BCUT2D eigenvalue weighted by atomic mass is 9.77. The summed E-state index contributed by atoms with van der Waals surface area (Å²) >= 11 is 5.11. The van der Waals surface area contributed by atoms with Crippen molar-refractivity contribution in [3.05, 3.63) is 29.6 Å². The fourth-order valence-corrected chi connectivity index (χ4v) is 3.39. The molecule has 0 bridgehead atoms. The number of pyridine rings is 1. The molecule has 0 spiro atoms. The van der Waals surface area contributed by atoms with Crippen molar-refractivity contribution in [2.45, 2.75) is 46.6 Å². The van der Waals surface area contributed by atoms with Gasteiger partial charge in [0.05, 0.1) is 0 Å². The van der Waals surface area contributed by atoms with E-state index in [1.54, 1.807) is 6.20 Å². The fraction of sp³-hybridized carbons (Fsp3) is 0.647. The molecule has 1 aliphatic rings. The summed E-state index contributed by atoms with van der Waals surface area (Å²) in [7, 11) is 0. The Kier molecular flexibility index (Phi) is 5.33. The van der Waals surface area contributed by atoms with Gasteiger partial charge < -0.3 is 5.73 Å². The molecule has 2 heterocycles. The van der Waals surface area contributed by atoms with Crippen LogP contribution >= 0.6 is 12.2 Å². The van der Waals surface area contributed by atoms with Gasteiger partial charge in [0.1, 0.15) is 10.7 Å². The van der Waals surface area contributed by atoms with Crippen LogP contribution in [-0.2, 0) is 6.54 Å². The predicted molar refractivity (Wildman–Crippen MR) is 92.2 cm³/mol. The van der Waals surface area contributed by atoms with Crippen molar-refractivity contribution < 1.29 is 0 Å². The molecule has 0 radical (unpaired) electrons. The molecule has 0 amide bonds. The molecular weight excluding hydrogens is 278 g/mol. The quantitative estimate of drug-likeness (QED) is 0.870. The van der Waals surface area contributed by atoms with E-state index in [9.17, 15) is 0 Å². The van der Waals surface area contributed by atoms with Gasteiger partial charge in [-0.1, -0.05) is 39.1 Å². The number of nitrogens with zero attached hydrogens (tertiary/aromatic N) is 2. The Labute approximate surface area is 133 Å². The monoisotopic (exact) mass is 305 g/mol. The van der Waals surface area contributed by atoms with Gasteiger partial charge in [0, 0.05) is 12.7 Å². The molecule has 116 valence electrons. The highest BCUT2D eigenvalue weighted by Gasteiger charge is 2.27. The Morgan fingerprint density at radius 3 is 2.81 bits per heavy atom. The first kappa shape index (κ1) is 16.4. The zero-order valence-corrected chi connectivity index (χ0v) is 14.2. The smallest absolute Gasteiger partial charge is 0.123 e. The van der Waals surface area contributed by atoms with Crippen molar-refractivity contribution in [1.29, 1.82) is 0 Å². The summed E-state index contributed by atoms with van der Waals surface area (Å²) in [5.41, 5.74) is 8.12. The molecule has 0 aromatic carbocycles. The third-order valence-electron chi connectivity index (χ3n) is 4.56. The van der Waals surface area contributed by atoms with E-state index < -0.39 is 0 Å². The molecule has 1 aromatic rings. The van der Waals surface area contributed by atoms with E-state index in [4.69, 9.17) is 18.0 Å². The molecule has 0 saturated carbocycles. The van der Waals surface area contributed by atoms with Crippen molar-refractivity contribution in [3.8, 4) is 0 Å². The highest BCUT2D eigenvalue weighted by molar-refractivity contribution is 7.80. The molecule has 1 aliphatic heterocycles. The number of thiocarbonyl (C=S) groups is 1. The van der Waals surface area contributed by atoms with Gasteiger partial charge in [-0.15, -0.1) is 0 Å². The summed E-state index contributed by atoms with van der Waals surface area (Å²) in [6, 6.07) is 4.06. The average molecular weight is 305 g/mol. The van der Waals surface area contributed by atoms with Gasteiger partial charge in [-0.3, -0.25) is 9.88 Å². The van der Waals surface area contributed by atoms with Gasteiger partial charge in [-0.2, -0.15) is 0 Å². The largest absolute Gasteiger partial charge is 0.388 e. The van der Waals surface area contributed by atoms with E-state index in [1.165, 1.54) is 19.3 Å². The molecular formula is C17H27N3S. The maximum atomic E-state index is 5.78. The Hall–Kier alpha value is -1.00. The van der Waals surface area contributed by atoms with Crippen LogP contribution in [0.1, 0.15) is 51.3 Å². The van der Waals surface area contributed by atoms with E-state index in [0.717, 1.165) is 36.8 Å². The van der Waals surface area contributed by atoms with E-state index in [1.807, 2.05) is 6.07 Å². The maximum absolute atomic E-state index is 5.78. The molecule has 1 aromatic heterocycles. The molecule has 1 saturated heterocycles. The summed E-state index contributed by atoms with van der Waals surface area (Å²) < 4.78 is 0. The maximum Gasteiger partial charge on any atom is 0.123 e. The summed E-state index contributed by atoms with van der Waals surface area (Å²) in [4.78, 5) is 7.24. The van der Waals surface area contributed by atoms with Gasteiger partial charge in [0.15, 0.2) is 0 Å². The van der Waals surface area contributed by atoms with E-state index in [0.29, 0.717) is 10.4 Å². The Balaban J connectivity index is 2.03. The highest BCUT2D eigenvalue weighted by Crippen LogP contribution is 2.34. The zero-order valence-electron chi connectivity index (χ0n) is 13.4. The van der Waals surface area contributed by atoms with Crippen LogP contribution in [0.25, 0.3) is 0 Å². The molecule has 1 unspecified atom stereocenters.